The maximum absolute atomic E-state index is 11.9. The molecule has 2 aromatic rings. The van der Waals surface area contributed by atoms with Crippen molar-refractivity contribution in [3.05, 3.63) is 29.8 Å². The van der Waals surface area contributed by atoms with E-state index in [2.05, 4.69) is 26.9 Å². The highest BCUT2D eigenvalue weighted by Gasteiger charge is 2.36. The number of hydrogen-bond acceptors (Lipinski definition) is 6. The number of piperidine rings is 2. The molecule has 4 rings (SSSR count). The van der Waals surface area contributed by atoms with Crippen LogP contribution in [0.2, 0.25) is 0 Å². The van der Waals surface area contributed by atoms with Crippen molar-refractivity contribution in [2.24, 2.45) is 0 Å². The fourth-order valence-electron chi connectivity index (χ4n) is 4.36. The van der Waals surface area contributed by atoms with E-state index >= 15 is 0 Å². The predicted octanol–water partition coefficient (Wildman–Crippen LogP) is 4.25. The van der Waals surface area contributed by atoms with Gasteiger partial charge in [-0.1, -0.05) is 42.0 Å². The predicted molar refractivity (Wildman–Crippen MR) is 111 cm³/mol. The second-order valence-corrected chi connectivity index (χ2v) is 8.98. The van der Waals surface area contributed by atoms with Gasteiger partial charge in [0.15, 0.2) is 5.78 Å². The number of anilines is 1. The lowest BCUT2D eigenvalue weighted by Gasteiger charge is -2.48. The molecule has 0 N–H and O–H groups in total. The van der Waals surface area contributed by atoms with Gasteiger partial charge in [0.05, 0.1) is 0 Å². The molecular weight excluding hydrogens is 356 g/mol. The molecule has 0 radical (unpaired) electrons. The molecule has 2 aliphatic rings. The van der Waals surface area contributed by atoms with E-state index in [1.807, 2.05) is 24.3 Å². The number of rotatable bonds is 4. The Morgan fingerprint density at radius 3 is 2.44 bits per heavy atom. The van der Waals surface area contributed by atoms with Gasteiger partial charge in [-0.15, -0.1) is 10.2 Å². The van der Waals surface area contributed by atoms with Gasteiger partial charge in [-0.05, 0) is 52.6 Å². The summed E-state index contributed by atoms with van der Waals surface area (Å²) in [6.45, 7) is 8.59. The van der Waals surface area contributed by atoms with Crippen LogP contribution >= 0.6 is 11.3 Å². The van der Waals surface area contributed by atoms with Crippen molar-refractivity contribution in [2.75, 3.05) is 31.1 Å². The Hall–Kier alpha value is -1.79. The molecule has 1 aromatic heterocycles. The van der Waals surface area contributed by atoms with Gasteiger partial charge in [-0.3, -0.25) is 9.69 Å². The lowest BCUT2D eigenvalue weighted by Crippen LogP contribution is -2.55. The first-order chi connectivity index (χ1) is 13.1. The Labute approximate surface area is 165 Å². The molecule has 0 amide bonds. The second kappa shape index (κ2) is 7.68. The topological polar surface area (TPSA) is 49.3 Å². The molecule has 2 saturated heterocycles. The van der Waals surface area contributed by atoms with E-state index in [9.17, 15) is 4.79 Å². The van der Waals surface area contributed by atoms with Crippen LogP contribution in [0.15, 0.2) is 24.3 Å². The van der Waals surface area contributed by atoms with Crippen LogP contribution in [0, 0.1) is 0 Å². The van der Waals surface area contributed by atoms with Gasteiger partial charge < -0.3 is 4.90 Å². The van der Waals surface area contributed by atoms with Crippen LogP contribution < -0.4 is 4.90 Å². The normalized spacial score (nSPS) is 20.6. The second-order valence-electron chi connectivity index (χ2n) is 8.02. The van der Waals surface area contributed by atoms with Gasteiger partial charge >= 0.3 is 0 Å². The number of ketones is 1. The Bertz CT molecular complexity index is 804. The highest BCUT2D eigenvalue weighted by atomic mass is 32.1. The Kier molecular flexibility index (Phi) is 5.28. The summed E-state index contributed by atoms with van der Waals surface area (Å²) in [6, 6.07) is 7.68. The van der Waals surface area contributed by atoms with Crippen molar-refractivity contribution in [3.8, 4) is 10.6 Å². The minimum absolute atomic E-state index is 0.0672. The number of likely N-dealkylation sites (tertiary alicyclic amines) is 1. The molecule has 0 saturated carbocycles. The Morgan fingerprint density at radius 2 is 1.74 bits per heavy atom. The van der Waals surface area contributed by atoms with Crippen LogP contribution in [0.1, 0.15) is 56.3 Å². The van der Waals surface area contributed by atoms with Gasteiger partial charge in [0.25, 0.3) is 0 Å². The molecule has 144 valence electrons. The third-order valence-corrected chi connectivity index (χ3v) is 7.20. The highest BCUT2D eigenvalue weighted by Crippen LogP contribution is 2.36. The number of benzene rings is 1. The van der Waals surface area contributed by atoms with Crippen molar-refractivity contribution in [1.29, 1.82) is 0 Å². The molecule has 0 atom stereocenters. The molecule has 0 unspecified atom stereocenters. The van der Waals surface area contributed by atoms with E-state index in [-0.39, 0.29) is 5.78 Å². The van der Waals surface area contributed by atoms with E-state index in [1.165, 1.54) is 45.2 Å². The summed E-state index contributed by atoms with van der Waals surface area (Å²) in [5.74, 6) is 0.0672. The van der Waals surface area contributed by atoms with Crippen LogP contribution in [-0.2, 0) is 0 Å². The summed E-state index contributed by atoms with van der Waals surface area (Å²) in [7, 11) is 0. The quantitative estimate of drug-likeness (QED) is 0.738. The summed E-state index contributed by atoms with van der Waals surface area (Å²) < 4.78 is 0. The van der Waals surface area contributed by atoms with Crippen molar-refractivity contribution in [3.63, 3.8) is 0 Å². The maximum atomic E-state index is 11.9. The Balaban J connectivity index is 1.47. The molecule has 0 aliphatic carbocycles. The van der Waals surface area contributed by atoms with Gasteiger partial charge in [-0.2, -0.15) is 0 Å². The van der Waals surface area contributed by atoms with Crippen molar-refractivity contribution in [1.82, 2.24) is 15.1 Å². The van der Waals surface area contributed by atoms with E-state index in [1.54, 1.807) is 18.3 Å². The van der Waals surface area contributed by atoms with Crippen LogP contribution in [0.3, 0.4) is 0 Å². The van der Waals surface area contributed by atoms with Crippen LogP contribution in [0.4, 0.5) is 5.13 Å². The number of hydrogen-bond donors (Lipinski definition) is 0. The average Bonchev–Trinajstić information content (AvgIpc) is 3.19. The molecule has 2 fully saturated rings. The maximum Gasteiger partial charge on any atom is 0.208 e. The molecular formula is C21H28N4OS. The molecule has 1 aromatic carbocycles. The number of nitrogens with zero attached hydrogens (tertiary/aromatic N) is 4. The number of carbonyl (C=O) groups is 1. The first-order valence-corrected chi connectivity index (χ1v) is 10.8. The fourth-order valence-corrected chi connectivity index (χ4v) is 5.29. The molecule has 3 heterocycles. The molecule has 27 heavy (non-hydrogen) atoms. The minimum Gasteiger partial charge on any atom is -0.347 e. The van der Waals surface area contributed by atoms with Gasteiger partial charge in [0, 0.05) is 29.8 Å². The van der Waals surface area contributed by atoms with E-state index in [4.69, 9.17) is 0 Å². The van der Waals surface area contributed by atoms with E-state index in [0.29, 0.717) is 5.54 Å². The zero-order valence-corrected chi connectivity index (χ0v) is 17.1. The van der Waals surface area contributed by atoms with Crippen molar-refractivity contribution >= 4 is 22.3 Å². The van der Waals surface area contributed by atoms with Crippen LogP contribution in [0.5, 0.6) is 0 Å². The summed E-state index contributed by atoms with van der Waals surface area (Å²) in [6.07, 6.45) is 6.41. The van der Waals surface area contributed by atoms with E-state index in [0.717, 1.165) is 34.4 Å². The third kappa shape index (κ3) is 3.78. The summed E-state index contributed by atoms with van der Waals surface area (Å²) in [5.41, 5.74) is 1.94. The standard InChI is InChI=1S/C21H28N4OS/c1-16(26)17-8-4-5-9-18(17)19-22-23-20(27-19)24-14-10-21(2,11-15-24)25-12-6-3-7-13-25/h4-5,8-9H,3,6-7,10-15H2,1-2H3. The average molecular weight is 385 g/mol. The van der Waals surface area contributed by atoms with Crippen LogP contribution in [0.25, 0.3) is 10.6 Å². The molecule has 0 spiro atoms. The zero-order chi connectivity index (χ0) is 18.9. The molecule has 0 bridgehead atoms. The minimum atomic E-state index is 0.0672. The zero-order valence-electron chi connectivity index (χ0n) is 16.3. The SMILES string of the molecule is CC(=O)c1ccccc1-c1nnc(N2CCC(C)(N3CCCCC3)CC2)s1. The fraction of sp³-hybridized carbons (Fsp3) is 0.571. The first-order valence-electron chi connectivity index (χ1n) is 10.0. The van der Waals surface area contributed by atoms with Crippen molar-refractivity contribution < 1.29 is 4.79 Å². The Morgan fingerprint density at radius 1 is 1.04 bits per heavy atom. The monoisotopic (exact) mass is 384 g/mol. The number of aromatic nitrogens is 2. The summed E-state index contributed by atoms with van der Waals surface area (Å²) in [4.78, 5) is 17.0. The first kappa shape index (κ1) is 18.6. The lowest BCUT2D eigenvalue weighted by molar-refractivity contribution is 0.0593. The highest BCUT2D eigenvalue weighted by molar-refractivity contribution is 7.18. The van der Waals surface area contributed by atoms with Gasteiger partial charge in [0.1, 0.15) is 5.01 Å². The van der Waals surface area contributed by atoms with Gasteiger partial charge in [0.2, 0.25) is 5.13 Å². The summed E-state index contributed by atoms with van der Waals surface area (Å²) >= 11 is 1.60. The number of carbonyl (C=O) groups excluding carboxylic acids is 1. The molecule has 2 aliphatic heterocycles. The lowest BCUT2D eigenvalue weighted by atomic mass is 9.86. The van der Waals surface area contributed by atoms with E-state index < -0.39 is 0 Å². The molecule has 6 heteroatoms. The molecule has 5 nitrogen and oxygen atoms in total. The van der Waals surface area contributed by atoms with Crippen molar-refractivity contribution in [2.45, 2.75) is 51.5 Å². The largest absolute Gasteiger partial charge is 0.347 e. The smallest absolute Gasteiger partial charge is 0.208 e. The summed E-state index contributed by atoms with van der Waals surface area (Å²) in [5, 5.41) is 10.7. The number of Topliss-reactive ketones (excluding diaryl/α,β-unsaturated/α-hetero) is 1. The van der Waals surface area contributed by atoms with Gasteiger partial charge in [-0.25, -0.2) is 0 Å². The van der Waals surface area contributed by atoms with Crippen LogP contribution in [-0.4, -0.2) is 52.6 Å². The third-order valence-electron chi connectivity index (χ3n) is 6.18.